The van der Waals surface area contributed by atoms with Gasteiger partial charge in [0.15, 0.2) is 11.0 Å². The number of aromatic nitrogens is 2. The smallest absolute Gasteiger partial charge is 0.160 e. The van der Waals surface area contributed by atoms with Crippen molar-refractivity contribution in [3.8, 4) is 0 Å². The summed E-state index contributed by atoms with van der Waals surface area (Å²) >= 11 is 0. The number of nitrogen functional groups attached to an aromatic ring is 1. The minimum atomic E-state index is 0.601. The predicted molar refractivity (Wildman–Crippen MR) is 64.4 cm³/mol. The van der Waals surface area contributed by atoms with Crippen LogP contribution in [0.25, 0.3) is 11.0 Å². The fourth-order valence-corrected chi connectivity index (χ4v) is 1.70. The highest BCUT2D eigenvalue weighted by atomic mass is 16.6. The first-order valence-electron chi connectivity index (χ1n) is 5.46. The minimum Gasteiger partial charge on any atom is -0.397 e. The molecule has 16 heavy (non-hydrogen) atoms. The molecule has 0 atom stereocenters. The van der Waals surface area contributed by atoms with Crippen molar-refractivity contribution < 1.29 is 4.63 Å². The second kappa shape index (κ2) is 4.38. The summed E-state index contributed by atoms with van der Waals surface area (Å²) in [6.07, 6.45) is 2.31. The Balaban J connectivity index is 2.37. The molecule has 0 unspecified atom stereocenters. The van der Waals surface area contributed by atoms with Gasteiger partial charge in [-0.05, 0) is 28.9 Å². The first kappa shape index (κ1) is 10.7. The van der Waals surface area contributed by atoms with Crippen LogP contribution in [0.3, 0.4) is 0 Å². The number of nitrogens with two attached hydrogens (primary N) is 1. The summed E-state index contributed by atoms with van der Waals surface area (Å²) in [5, 5.41) is 7.70. The number of benzene rings is 1. The first-order valence-corrected chi connectivity index (χ1v) is 5.46. The van der Waals surface area contributed by atoms with Gasteiger partial charge in [-0.2, -0.15) is 0 Å². The molecule has 0 aliphatic carbocycles. The number of rotatable bonds is 4. The molecule has 0 aliphatic rings. The fourth-order valence-electron chi connectivity index (χ4n) is 1.70. The minimum absolute atomic E-state index is 0.601. The van der Waals surface area contributed by atoms with Crippen molar-refractivity contribution in [1.82, 2.24) is 10.3 Å². The van der Waals surface area contributed by atoms with Crippen LogP contribution in [0.2, 0.25) is 0 Å². The third kappa shape index (κ3) is 1.80. The lowest BCUT2D eigenvalue weighted by atomic mass is 10.2. The monoisotopic (exact) mass is 220 g/mol. The van der Waals surface area contributed by atoms with Gasteiger partial charge in [-0.3, -0.25) is 0 Å². The lowest BCUT2D eigenvalue weighted by Crippen LogP contribution is -2.18. The molecule has 0 aliphatic heterocycles. The van der Waals surface area contributed by atoms with Crippen LogP contribution in [0.1, 0.15) is 19.8 Å². The third-order valence-corrected chi connectivity index (χ3v) is 2.68. The van der Waals surface area contributed by atoms with Crippen LogP contribution in [-0.2, 0) is 0 Å². The van der Waals surface area contributed by atoms with Crippen molar-refractivity contribution in [2.75, 3.05) is 24.2 Å². The Labute approximate surface area is 94.2 Å². The van der Waals surface area contributed by atoms with Gasteiger partial charge in [0.05, 0.1) is 11.4 Å². The molecule has 0 bridgehead atoms. The summed E-state index contributed by atoms with van der Waals surface area (Å²) in [6, 6.07) is 3.79. The molecule has 0 spiro atoms. The second-order valence-corrected chi connectivity index (χ2v) is 3.91. The molecule has 0 amide bonds. The maximum absolute atomic E-state index is 5.79. The molecule has 0 saturated heterocycles. The fraction of sp³-hybridized carbons (Fsp3) is 0.455. The van der Waals surface area contributed by atoms with Gasteiger partial charge in [0.2, 0.25) is 0 Å². The van der Waals surface area contributed by atoms with Crippen molar-refractivity contribution in [3.63, 3.8) is 0 Å². The number of unbranched alkanes of at least 4 members (excludes halogenated alkanes) is 1. The molecule has 2 aromatic rings. The molecule has 0 fully saturated rings. The molecule has 1 aromatic heterocycles. The highest BCUT2D eigenvalue weighted by Crippen LogP contribution is 2.27. The van der Waals surface area contributed by atoms with Gasteiger partial charge in [-0.1, -0.05) is 13.3 Å². The Bertz CT molecular complexity index is 480. The van der Waals surface area contributed by atoms with Crippen molar-refractivity contribution in [1.29, 1.82) is 0 Å². The second-order valence-electron chi connectivity index (χ2n) is 3.91. The molecular formula is C11H16N4O. The van der Waals surface area contributed by atoms with Gasteiger partial charge in [0, 0.05) is 13.6 Å². The van der Waals surface area contributed by atoms with E-state index in [2.05, 4.69) is 22.1 Å². The normalized spacial score (nSPS) is 10.9. The van der Waals surface area contributed by atoms with Crippen LogP contribution in [0.5, 0.6) is 0 Å². The van der Waals surface area contributed by atoms with Gasteiger partial charge in [0.1, 0.15) is 0 Å². The van der Waals surface area contributed by atoms with Crippen LogP contribution >= 0.6 is 0 Å². The van der Waals surface area contributed by atoms with E-state index in [9.17, 15) is 0 Å². The van der Waals surface area contributed by atoms with Crippen LogP contribution < -0.4 is 10.6 Å². The van der Waals surface area contributed by atoms with Crippen molar-refractivity contribution in [2.45, 2.75) is 19.8 Å². The Hall–Kier alpha value is -1.78. The van der Waals surface area contributed by atoms with Crippen LogP contribution in [0.4, 0.5) is 11.4 Å². The summed E-state index contributed by atoms with van der Waals surface area (Å²) < 4.78 is 4.73. The van der Waals surface area contributed by atoms with Crippen LogP contribution in [0, 0.1) is 0 Å². The Morgan fingerprint density at radius 3 is 2.81 bits per heavy atom. The molecule has 1 aromatic carbocycles. The van der Waals surface area contributed by atoms with Crippen molar-refractivity contribution in [2.24, 2.45) is 0 Å². The molecule has 2 rings (SSSR count). The van der Waals surface area contributed by atoms with E-state index in [1.54, 1.807) is 0 Å². The number of hydrogen-bond acceptors (Lipinski definition) is 5. The molecule has 5 heteroatoms. The Morgan fingerprint density at radius 1 is 1.31 bits per heavy atom. The summed E-state index contributed by atoms with van der Waals surface area (Å²) in [6.45, 7) is 3.16. The van der Waals surface area contributed by atoms with Gasteiger partial charge in [-0.25, -0.2) is 4.63 Å². The molecular weight excluding hydrogens is 204 g/mol. The number of hydrogen-bond donors (Lipinski definition) is 1. The van der Waals surface area contributed by atoms with Crippen LogP contribution in [-0.4, -0.2) is 23.9 Å². The highest BCUT2D eigenvalue weighted by Gasteiger charge is 2.12. The summed E-state index contributed by atoms with van der Waals surface area (Å²) in [5.74, 6) is 0. The molecule has 5 nitrogen and oxygen atoms in total. The van der Waals surface area contributed by atoms with E-state index in [4.69, 9.17) is 10.4 Å². The predicted octanol–water partition coefficient (Wildman–Crippen LogP) is 2.04. The lowest BCUT2D eigenvalue weighted by Gasteiger charge is -2.18. The maximum Gasteiger partial charge on any atom is 0.160 e. The zero-order chi connectivity index (χ0) is 11.5. The quantitative estimate of drug-likeness (QED) is 0.798. The average Bonchev–Trinajstić information content (AvgIpc) is 2.76. The standard InChI is InChI=1S/C11H16N4O/c1-3-4-7-15(2)9-6-5-8(12)10-11(9)14-16-13-10/h5-6H,3-4,7,12H2,1-2H3. The van der Waals surface area contributed by atoms with Crippen LogP contribution in [0.15, 0.2) is 16.8 Å². The van der Waals surface area contributed by atoms with Gasteiger partial charge >= 0.3 is 0 Å². The molecule has 86 valence electrons. The Morgan fingerprint density at radius 2 is 2.06 bits per heavy atom. The number of anilines is 2. The van der Waals surface area contributed by atoms with E-state index in [-0.39, 0.29) is 0 Å². The van der Waals surface area contributed by atoms with Gasteiger partial charge in [-0.15, -0.1) is 0 Å². The molecule has 0 radical (unpaired) electrons. The molecule has 1 heterocycles. The zero-order valence-electron chi connectivity index (χ0n) is 9.60. The highest BCUT2D eigenvalue weighted by molar-refractivity contribution is 5.95. The summed E-state index contributed by atoms with van der Waals surface area (Å²) in [5.41, 5.74) is 8.78. The van der Waals surface area contributed by atoms with E-state index in [0.717, 1.165) is 24.2 Å². The van der Waals surface area contributed by atoms with E-state index in [1.165, 1.54) is 6.42 Å². The van der Waals surface area contributed by atoms with E-state index in [0.29, 0.717) is 11.2 Å². The zero-order valence-corrected chi connectivity index (χ0v) is 9.60. The van der Waals surface area contributed by atoms with Crippen molar-refractivity contribution in [3.05, 3.63) is 12.1 Å². The van der Waals surface area contributed by atoms with E-state index >= 15 is 0 Å². The SMILES string of the molecule is CCCCN(C)c1ccc(N)c2nonc12. The summed E-state index contributed by atoms with van der Waals surface area (Å²) in [4.78, 5) is 2.15. The number of fused-ring (bicyclic) bond motifs is 1. The van der Waals surface area contributed by atoms with Crippen molar-refractivity contribution >= 4 is 22.4 Å². The summed E-state index contributed by atoms with van der Waals surface area (Å²) in [7, 11) is 2.04. The molecule has 2 N–H and O–H groups in total. The maximum atomic E-state index is 5.79. The Kier molecular flexibility index (Phi) is 2.94. The lowest BCUT2D eigenvalue weighted by molar-refractivity contribution is 0.315. The average molecular weight is 220 g/mol. The van der Waals surface area contributed by atoms with Gasteiger partial charge < -0.3 is 10.6 Å². The first-order chi connectivity index (χ1) is 7.74. The van der Waals surface area contributed by atoms with E-state index < -0.39 is 0 Å². The number of nitrogens with zero attached hydrogens (tertiary/aromatic N) is 3. The largest absolute Gasteiger partial charge is 0.397 e. The third-order valence-electron chi connectivity index (χ3n) is 2.68. The topological polar surface area (TPSA) is 68.2 Å². The molecule has 0 saturated carbocycles. The van der Waals surface area contributed by atoms with Gasteiger partial charge in [0.25, 0.3) is 0 Å². The van der Waals surface area contributed by atoms with E-state index in [1.807, 2.05) is 19.2 Å².